The molecule has 2 nitrogen and oxygen atoms in total. The van der Waals surface area contributed by atoms with Crippen LogP contribution < -0.4 is 5.32 Å². The Bertz CT molecular complexity index is 149. The topological polar surface area (TPSA) is 29.1 Å². The molecule has 0 radical (unpaired) electrons. The minimum absolute atomic E-state index is 0.0688. The van der Waals surface area contributed by atoms with Crippen LogP contribution in [0.2, 0.25) is 0 Å². The van der Waals surface area contributed by atoms with E-state index in [9.17, 15) is 4.79 Å². The predicted molar refractivity (Wildman–Crippen MR) is 55.5 cm³/mol. The van der Waals surface area contributed by atoms with Gasteiger partial charge in [-0.2, -0.15) is 0 Å². The maximum atomic E-state index is 11.1. The van der Waals surface area contributed by atoms with Gasteiger partial charge in [-0.05, 0) is 18.8 Å². The van der Waals surface area contributed by atoms with Crippen molar-refractivity contribution in [3.05, 3.63) is 0 Å². The summed E-state index contributed by atoms with van der Waals surface area (Å²) in [5.41, 5.74) is 0.294. The molecule has 0 heterocycles. The van der Waals surface area contributed by atoms with Crippen molar-refractivity contribution >= 4 is 21.8 Å². The van der Waals surface area contributed by atoms with Crippen molar-refractivity contribution in [1.29, 1.82) is 0 Å². The number of amides is 1. The monoisotopic (exact) mass is 235 g/mol. The number of halogens is 1. The smallest absolute Gasteiger partial charge is 0.233 e. The molecule has 0 aromatic heterocycles. The largest absolute Gasteiger partial charge is 0.355 e. The number of hydrogen-bond donors (Lipinski definition) is 1. The van der Waals surface area contributed by atoms with Crippen LogP contribution in [0.3, 0.4) is 0 Å². The number of rotatable bonds is 3. The molecule has 0 aliphatic carbocycles. The fraction of sp³-hybridized carbons (Fsp3) is 0.889. The van der Waals surface area contributed by atoms with E-state index in [-0.39, 0.29) is 10.7 Å². The van der Waals surface area contributed by atoms with Gasteiger partial charge in [0.2, 0.25) is 5.91 Å². The highest BCUT2D eigenvalue weighted by atomic mass is 79.9. The first kappa shape index (κ1) is 11.9. The van der Waals surface area contributed by atoms with Gasteiger partial charge >= 0.3 is 0 Å². The van der Waals surface area contributed by atoms with Crippen molar-refractivity contribution in [2.24, 2.45) is 5.41 Å². The number of hydrogen-bond acceptors (Lipinski definition) is 1. The van der Waals surface area contributed by atoms with Crippen molar-refractivity contribution in [2.45, 2.75) is 38.9 Å². The molecule has 0 aromatic carbocycles. The van der Waals surface area contributed by atoms with Crippen LogP contribution in [-0.4, -0.2) is 17.3 Å². The third-order valence-corrected chi connectivity index (χ3v) is 1.95. The molecule has 12 heavy (non-hydrogen) atoms. The first-order valence-corrected chi connectivity index (χ1v) is 5.16. The molecule has 0 saturated heterocycles. The minimum Gasteiger partial charge on any atom is -0.355 e. The molecule has 3 heteroatoms. The van der Waals surface area contributed by atoms with E-state index in [1.807, 2.05) is 6.92 Å². The van der Waals surface area contributed by atoms with Crippen LogP contribution >= 0.6 is 15.9 Å². The summed E-state index contributed by atoms with van der Waals surface area (Å²) in [5, 5.41) is 2.85. The number of alkyl halides is 1. The molecule has 1 unspecified atom stereocenters. The van der Waals surface area contributed by atoms with Crippen LogP contribution in [0.25, 0.3) is 0 Å². The van der Waals surface area contributed by atoms with E-state index in [1.54, 1.807) is 0 Å². The van der Waals surface area contributed by atoms with Crippen LogP contribution in [-0.2, 0) is 4.79 Å². The average molecular weight is 236 g/mol. The van der Waals surface area contributed by atoms with Gasteiger partial charge in [0.05, 0.1) is 4.83 Å². The molecule has 1 atom stereocenters. The summed E-state index contributed by atoms with van der Waals surface area (Å²) in [6, 6.07) is 0. The van der Waals surface area contributed by atoms with Gasteiger partial charge in [0.1, 0.15) is 0 Å². The van der Waals surface area contributed by atoms with Gasteiger partial charge in [-0.25, -0.2) is 0 Å². The maximum absolute atomic E-state index is 11.1. The lowest BCUT2D eigenvalue weighted by Crippen LogP contribution is -2.31. The molecule has 72 valence electrons. The second-order valence-electron chi connectivity index (χ2n) is 4.22. The normalized spacial score (nSPS) is 14.1. The Hall–Kier alpha value is -0.0500. The molecule has 0 aromatic rings. The van der Waals surface area contributed by atoms with Gasteiger partial charge in [0.25, 0.3) is 0 Å². The fourth-order valence-electron chi connectivity index (χ4n) is 0.701. The van der Waals surface area contributed by atoms with Crippen molar-refractivity contribution < 1.29 is 4.79 Å². The molecular formula is C9H18BrNO. The van der Waals surface area contributed by atoms with E-state index in [0.717, 1.165) is 13.0 Å². The number of carbonyl (C=O) groups is 1. The van der Waals surface area contributed by atoms with Crippen LogP contribution in [0, 0.1) is 5.41 Å². The van der Waals surface area contributed by atoms with Gasteiger partial charge in [-0.1, -0.05) is 36.7 Å². The Labute approximate surface area is 83.2 Å². The van der Waals surface area contributed by atoms with Crippen molar-refractivity contribution in [3.8, 4) is 0 Å². The molecule has 0 saturated carbocycles. The van der Waals surface area contributed by atoms with Crippen LogP contribution in [0.5, 0.6) is 0 Å². The lowest BCUT2D eigenvalue weighted by Gasteiger charge is -2.18. The second kappa shape index (κ2) is 4.85. The van der Waals surface area contributed by atoms with Gasteiger partial charge in [-0.3, -0.25) is 4.79 Å². The summed E-state index contributed by atoms with van der Waals surface area (Å²) in [6.07, 6.45) is 1.01. The zero-order valence-electron chi connectivity index (χ0n) is 8.28. The van der Waals surface area contributed by atoms with Crippen LogP contribution in [0.1, 0.15) is 34.1 Å². The number of carbonyl (C=O) groups excluding carboxylic acids is 1. The molecule has 0 spiro atoms. The summed E-state index contributed by atoms with van der Waals surface area (Å²) >= 11 is 3.21. The predicted octanol–water partition coefficient (Wildman–Crippen LogP) is 2.32. The van der Waals surface area contributed by atoms with Crippen molar-refractivity contribution in [2.75, 3.05) is 6.54 Å². The van der Waals surface area contributed by atoms with E-state index >= 15 is 0 Å². The minimum atomic E-state index is -0.0857. The molecule has 1 N–H and O–H groups in total. The molecule has 0 fully saturated rings. The van der Waals surface area contributed by atoms with Crippen molar-refractivity contribution in [3.63, 3.8) is 0 Å². The Morgan fingerprint density at radius 3 is 2.33 bits per heavy atom. The van der Waals surface area contributed by atoms with Gasteiger partial charge in [0.15, 0.2) is 0 Å². The average Bonchev–Trinajstić information content (AvgIpc) is 1.84. The zero-order chi connectivity index (χ0) is 9.78. The zero-order valence-corrected chi connectivity index (χ0v) is 9.86. The highest BCUT2D eigenvalue weighted by Gasteiger charge is 2.12. The highest BCUT2D eigenvalue weighted by molar-refractivity contribution is 9.10. The lowest BCUT2D eigenvalue weighted by molar-refractivity contribution is -0.120. The maximum Gasteiger partial charge on any atom is 0.233 e. The molecular weight excluding hydrogens is 218 g/mol. The van der Waals surface area contributed by atoms with Crippen LogP contribution in [0.4, 0.5) is 0 Å². The summed E-state index contributed by atoms with van der Waals surface area (Å²) < 4.78 is 0. The Balaban J connectivity index is 3.51. The third kappa shape index (κ3) is 6.65. The van der Waals surface area contributed by atoms with Gasteiger partial charge in [-0.15, -0.1) is 0 Å². The Morgan fingerprint density at radius 1 is 1.50 bits per heavy atom. The molecule has 1 amide bonds. The van der Waals surface area contributed by atoms with E-state index in [0.29, 0.717) is 5.41 Å². The summed E-state index contributed by atoms with van der Waals surface area (Å²) in [7, 11) is 0. The lowest BCUT2D eigenvalue weighted by atomic mass is 9.92. The SMILES string of the molecule is CC(Br)C(=O)NCCC(C)(C)C. The first-order valence-electron chi connectivity index (χ1n) is 4.25. The molecule has 0 bridgehead atoms. The van der Waals surface area contributed by atoms with E-state index in [2.05, 4.69) is 42.0 Å². The standard InChI is InChI=1S/C9H18BrNO/c1-7(10)8(12)11-6-5-9(2,3)4/h7H,5-6H2,1-4H3,(H,11,12). The summed E-state index contributed by atoms with van der Waals surface area (Å²) in [5.74, 6) is 0.0688. The third-order valence-electron chi connectivity index (χ3n) is 1.54. The second-order valence-corrected chi connectivity index (χ2v) is 5.59. The molecule has 0 aliphatic heterocycles. The van der Waals surface area contributed by atoms with Gasteiger partial charge in [0, 0.05) is 6.54 Å². The number of nitrogens with one attached hydrogen (secondary N) is 1. The molecule has 0 aliphatic rings. The first-order chi connectivity index (χ1) is 5.33. The Kier molecular flexibility index (Phi) is 4.83. The van der Waals surface area contributed by atoms with E-state index < -0.39 is 0 Å². The Morgan fingerprint density at radius 2 is 2.00 bits per heavy atom. The summed E-state index contributed by atoms with van der Waals surface area (Å²) in [6.45, 7) is 9.08. The van der Waals surface area contributed by atoms with Gasteiger partial charge < -0.3 is 5.32 Å². The van der Waals surface area contributed by atoms with E-state index in [4.69, 9.17) is 0 Å². The fourth-order valence-corrected chi connectivity index (χ4v) is 0.863. The van der Waals surface area contributed by atoms with Crippen LogP contribution in [0.15, 0.2) is 0 Å². The quantitative estimate of drug-likeness (QED) is 0.748. The van der Waals surface area contributed by atoms with Crippen molar-refractivity contribution in [1.82, 2.24) is 5.32 Å². The summed E-state index contributed by atoms with van der Waals surface area (Å²) in [4.78, 5) is 11.0. The van der Waals surface area contributed by atoms with E-state index in [1.165, 1.54) is 0 Å². The molecule has 0 rings (SSSR count). The highest BCUT2D eigenvalue weighted by Crippen LogP contribution is 2.16.